The third kappa shape index (κ3) is 4.31. The van der Waals surface area contributed by atoms with E-state index in [-0.39, 0.29) is 22.5 Å². The van der Waals surface area contributed by atoms with Gasteiger partial charge in [0.1, 0.15) is 5.02 Å². The Morgan fingerprint density at radius 1 is 1.26 bits per heavy atom. The van der Waals surface area contributed by atoms with Crippen molar-refractivity contribution in [3.05, 3.63) is 79.2 Å². The summed E-state index contributed by atoms with van der Waals surface area (Å²) in [5.74, 6) is 0.430. The lowest BCUT2D eigenvalue weighted by atomic mass is 9.96. The number of hydrogen-bond donors (Lipinski definition) is 1. The molecule has 0 atom stereocenters. The van der Waals surface area contributed by atoms with E-state index in [0.29, 0.717) is 30.8 Å². The highest BCUT2D eigenvalue weighted by atomic mass is 35.5. The number of rotatable bonds is 5. The normalized spacial score (nSPS) is 14.6. The van der Waals surface area contributed by atoms with Gasteiger partial charge in [-0.25, -0.2) is 4.98 Å². The van der Waals surface area contributed by atoms with Gasteiger partial charge in [-0.1, -0.05) is 35.9 Å². The Balaban J connectivity index is 1.24. The van der Waals surface area contributed by atoms with Crippen molar-refractivity contribution >= 4 is 45.4 Å². The number of aromatic amines is 1. The van der Waals surface area contributed by atoms with E-state index >= 15 is 0 Å². The smallest absolute Gasteiger partial charge is 0.288 e. The van der Waals surface area contributed by atoms with Crippen LogP contribution in [0.5, 0.6) is 0 Å². The zero-order chi connectivity index (χ0) is 23.8. The molecule has 2 aromatic heterocycles. The number of hydrogen-bond acceptors (Lipinski definition) is 5. The first-order valence-corrected chi connectivity index (χ1v) is 12.4. The standard InChI is InChI=1S/C25H23ClN4O3S/c1-15-19(18-4-2-3-5-21(18)27-15)13-24(31)29-10-8-16(9-11-29)25-28-22(14-34-25)17-6-7-20(26)23(12-17)30(32)33/h2-7,12,14,16,27H,8-11,13H2,1H3. The lowest BCUT2D eigenvalue weighted by molar-refractivity contribution is -0.384. The number of fused-ring (bicyclic) bond motifs is 1. The molecule has 0 unspecified atom stereocenters. The fraction of sp³-hybridized carbons (Fsp3) is 0.280. The van der Waals surface area contributed by atoms with Crippen LogP contribution in [-0.4, -0.2) is 38.8 Å². The van der Waals surface area contributed by atoms with Crippen LogP contribution in [0.15, 0.2) is 47.8 Å². The van der Waals surface area contributed by atoms with E-state index in [1.165, 1.54) is 12.1 Å². The third-order valence-electron chi connectivity index (χ3n) is 6.51. The molecule has 1 amide bonds. The molecule has 174 valence electrons. The van der Waals surface area contributed by atoms with Gasteiger partial charge >= 0.3 is 0 Å². The first-order chi connectivity index (χ1) is 16.4. The Labute approximate surface area is 205 Å². The molecule has 0 spiro atoms. The number of nitrogens with one attached hydrogen (secondary N) is 1. The number of likely N-dealkylation sites (tertiary alicyclic amines) is 1. The van der Waals surface area contributed by atoms with E-state index in [1.54, 1.807) is 17.4 Å². The predicted molar refractivity (Wildman–Crippen MR) is 135 cm³/mol. The zero-order valence-corrected chi connectivity index (χ0v) is 20.2. The number of nitro groups is 1. The Morgan fingerprint density at radius 3 is 2.79 bits per heavy atom. The SMILES string of the molecule is Cc1[nH]c2ccccc2c1CC(=O)N1CCC(c2nc(-c3ccc(Cl)c([N+](=O)[O-])c3)cs2)CC1. The summed E-state index contributed by atoms with van der Waals surface area (Å²) in [5.41, 5.74) is 4.46. The van der Waals surface area contributed by atoms with E-state index in [2.05, 4.69) is 11.1 Å². The number of nitrogens with zero attached hydrogens (tertiary/aromatic N) is 3. The van der Waals surface area contributed by atoms with E-state index in [9.17, 15) is 14.9 Å². The molecule has 1 aliphatic rings. The summed E-state index contributed by atoms with van der Waals surface area (Å²) in [4.78, 5) is 33.8. The van der Waals surface area contributed by atoms with Crippen LogP contribution < -0.4 is 0 Å². The lowest BCUT2D eigenvalue weighted by Crippen LogP contribution is -2.38. The molecule has 1 saturated heterocycles. The first kappa shape index (κ1) is 22.6. The van der Waals surface area contributed by atoms with Crippen molar-refractivity contribution in [2.45, 2.75) is 32.1 Å². The molecule has 1 aliphatic heterocycles. The molecule has 1 fully saturated rings. The minimum Gasteiger partial charge on any atom is -0.358 e. The molecule has 3 heterocycles. The molecule has 0 saturated carbocycles. The van der Waals surface area contributed by atoms with Crippen molar-refractivity contribution in [2.24, 2.45) is 0 Å². The van der Waals surface area contributed by atoms with Crippen molar-refractivity contribution in [3.63, 3.8) is 0 Å². The van der Waals surface area contributed by atoms with E-state index in [1.807, 2.05) is 35.4 Å². The Morgan fingerprint density at radius 2 is 2.03 bits per heavy atom. The molecule has 7 nitrogen and oxygen atoms in total. The average molecular weight is 495 g/mol. The fourth-order valence-corrected chi connectivity index (χ4v) is 5.81. The molecule has 34 heavy (non-hydrogen) atoms. The molecule has 9 heteroatoms. The number of piperidine rings is 1. The van der Waals surface area contributed by atoms with Crippen molar-refractivity contribution in [1.82, 2.24) is 14.9 Å². The number of amides is 1. The Bertz CT molecular complexity index is 1390. The van der Waals surface area contributed by atoms with Crippen LogP contribution >= 0.6 is 22.9 Å². The van der Waals surface area contributed by atoms with Crippen molar-refractivity contribution in [1.29, 1.82) is 0 Å². The molecular weight excluding hydrogens is 472 g/mol. The molecule has 4 aromatic rings. The van der Waals surface area contributed by atoms with Gasteiger partial charge in [0.15, 0.2) is 0 Å². The summed E-state index contributed by atoms with van der Waals surface area (Å²) in [5, 5.41) is 15.4. The van der Waals surface area contributed by atoms with Gasteiger partial charge in [-0.15, -0.1) is 11.3 Å². The molecule has 0 aliphatic carbocycles. The number of aromatic nitrogens is 2. The summed E-state index contributed by atoms with van der Waals surface area (Å²) >= 11 is 7.50. The quantitative estimate of drug-likeness (QED) is 0.267. The summed E-state index contributed by atoms with van der Waals surface area (Å²) in [6, 6.07) is 12.8. The molecule has 0 radical (unpaired) electrons. The lowest BCUT2D eigenvalue weighted by Gasteiger charge is -2.31. The summed E-state index contributed by atoms with van der Waals surface area (Å²) in [7, 11) is 0. The van der Waals surface area contributed by atoms with E-state index in [0.717, 1.165) is 40.0 Å². The number of carbonyl (C=O) groups is 1. The number of benzene rings is 2. The summed E-state index contributed by atoms with van der Waals surface area (Å²) in [6.07, 6.45) is 2.11. The van der Waals surface area contributed by atoms with Gasteiger partial charge in [-0.05, 0) is 37.5 Å². The molecule has 2 aromatic carbocycles. The van der Waals surface area contributed by atoms with Crippen LogP contribution in [0.1, 0.15) is 35.0 Å². The first-order valence-electron chi connectivity index (χ1n) is 11.1. The largest absolute Gasteiger partial charge is 0.358 e. The van der Waals surface area contributed by atoms with Crippen LogP contribution in [0, 0.1) is 17.0 Å². The van der Waals surface area contributed by atoms with Gasteiger partial charge in [0, 0.05) is 52.6 Å². The average Bonchev–Trinajstić information content (AvgIpc) is 3.44. The molecule has 1 N–H and O–H groups in total. The Hall–Kier alpha value is -3.23. The number of thiazole rings is 1. The van der Waals surface area contributed by atoms with Gasteiger partial charge in [0.25, 0.3) is 5.69 Å². The van der Waals surface area contributed by atoms with Crippen molar-refractivity contribution < 1.29 is 9.72 Å². The van der Waals surface area contributed by atoms with E-state index < -0.39 is 4.92 Å². The van der Waals surface area contributed by atoms with Crippen LogP contribution in [-0.2, 0) is 11.2 Å². The molecule has 0 bridgehead atoms. The molecular formula is C25H23ClN4O3S. The third-order valence-corrected chi connectivity index (χ3v) is 7.84. The monoisotopic (exact) mass is 494 g/mol. The van der Waals surface area contributed by atoms with Gasteiger partial charge in [0.05, 0.1) is 22.0 Å². The fourth-order valence-electron chi connectivity index (χ4n) is 4.62. The van der Waals surface area contributed by atoms with Crippen LogP contribution in [0.3, 0.4) is 0 Å². The van der Waals surface area contributed by atoms with Crippen LogP contribution in [0.2, 0.25) is 5.02 Å². The topological polar surface area (TPSA) is 92.1 Å². The second kappa shape index (κ2) is 9.19. The van der Waals surface area contributed by atoms with Gasteiger partial charge in [-0.3, -0.25) is 14.9 Å². The number of carbonyl (C=O) groups excluding carboxylic acids is 1. The highest BCUT2D eigenvalue weighted by Crippen LogP contribution is 2.35. The second-order valence-electron chi connectivity index (χ2n) is 8.60. The number of halogens is 1. The van der Waals surface area contributed by atoms with Gasteiger partial charge in [0.2, 0.25) is 5.91 Å². The Kier molecular flexibility index (Phi) is 6.10. The summed E-state index contributed by atoms with van der Waals surface area (Å²) in [6.45, 7) is 3.42. The number of para-hydroxylation sites is 1. The van der Waals surface area contributed by atoms with Crippen molar-refractivity contribution in [2.75, 3.05) is 13.1 Å². The number of H-pyrrole nitrogens is 1. The molecule has 5 rings (SSSR count). The van der Waals surface area contributed by atoms with Crippen molar-refractivity contribution in [3.8, 4) is 11.3 Å². The highest BCUT2D eigenvalue weighted by molar-refractivity contribution is 7.10. The minimum absolute atomic E-state index is 0.115. The maximum atomic E-state index is 13.0. The van der Waals surface area contributed by atoms with Gasteiger partial charge in [-0.2, -0.15) is 0 Å². The maximum absolute atomic E-state index is 13.0. The second-order valence-corrected chi connectivity index (χ2v) is 9.90. The maximum Gasteiger partial charge on any atom is 0.288 e. The van der Waals surface area contributed by atoms with Crippen LogP contribution in [0.25, 0.3) is 22.2 Å². The highest BCUT2D eigenvalue weighted by Gasteiger charge is 2.27. The van der Waals surface area contributed by atoms with Crippen LogP contribution in [0.4, 0.5) is 5.69 Å². The predicted octanol–water partition coefficient (Wildman–Crippen LogP) is 6.11. The number of nitro benzene ring substituents is 1. The zero-order valence-electron chi connectivity index (χ0n) is 18.6. The number of aryl methyl sites for hydroxylation is 1. The summed E-state index contributed by atoms with van der Waals surface area (Å²) < 4.78 is 0. The van der Waals surface area contributed by atoms with Gasteiger partial charge < -0.3 is 9.88 Å². The van der Waals surface area contributed by atoms with E-state index in [4.69, 9.17) is 16.6 Å². The minimum atomic E-state index is -0.483.